The summed E-state index contributed by atoms with van der Waals surface area (Å²) in [5.74, 6) is 1.49. The van der Waals surface area contributed by atoms with Gasteiger partial charge in [0, 0.05) is 12.6 Å². The molecule has 1 aliphatic rings. The molecule has 0 saturated carbocycles. The molecule has 106 valence electrons. The summed E-state index contributed by atoms with van der Waals surface area (Å²) in [5, 5.41) is 3.24. The van der Waals surface area contributed by atoms with Gasteiger partial charge in [-0.25, -0.2) is 8.42 Å². The van der Waals surface area contributed by atoms with Crippen LogP contribution in [0.1, 0.15) is 18.9 Å². The van der Waals surface area contributed by atoms with Gasteiger partial charge < -0.3 is 10.1 Å². The van der Waals surface area contributed by atoms with Crippen LogP contribution < -0.4 is 10.1 Å². The number of para-hydroxylation sites is 1. The highest BCUT2D eigenvalue weighted by atomic mass is 32.2. The lowest BCUT2D eigenvalue weighted by Crippen LogP contribution is -2.33. The Labute approximate surface area is 115 Å². The molecule has 1 aromatic rings. The first-order valence-electron chi connectivity index (χ1n) is 6.75. The molecule has 1 unspecified atom stereocenters. The number of aryl methyl sites for hydroxylation is 1. The summed E-state index contributed by atoms with van der Waals surface area (Å²) in [4.78, 5) is 0. The SMILES string of the molecule is CCc1ccccc1OCCNC1CCS(=O)(=O)C1. The fourth-order valence-electron chi connectivity index (χ4n) is 2.32. The highest BCUT2D eigenvalue weighted by Crippen LogP contribution is 2.18. The molecule has 19 heavy (non-hydrogen) atoms. The molecule has 1 atom stereocenters. The van der Waals surface area contributed by atoms with E-state index >= 15 is 0 Å². The quantitative estimate of drug-likeness (QED) is 0.802. The van der Waals surface area contributed by atoms with Crippen molar-refractivity contribution in [3.8, 4) is 5.75 Å². The van der Waals surface area contributed by atoms with Crippen molar-refractivity contribution >= 4 is 9.84 Å². The maximum Gasteiger partial charge on any atom is 0.151 e. The first-order valence-corrected chi connectivity index (χ1v) is 8.57. The fraction of sp³-hybridized carbons (Fsp3) is 0.571. The minimum Gasteiger partial charge on any atom is -0.492 e. The number of rotatable bonds is 6. The lowest BCUT2D eigenvalue weighted by molar-refractivity contribution is 0.305. The molecule has 1 heterocycles. The Bertz CT molecular complexity index is 513. The zero-order valence-electron chi connectivity index (χ0n) is 11.3. The molecule has 0 bridgehead atoms. The van der Waals surface area contributed by atoms with Crippen LogP contribution in [-0.4, -0.2) is 39.1 Å². The number of nitrogens with one attached hydrogen (secondary N) is 1. The van der Waals surface area contributed by atoms with Crippen LogP contribution >= 0.6 is 0 Å². The average Bonchev–Trinajstić information content (AvgIpc) is 2.75. The van der Waals surface area contributed by atoms with Gasteiger partial charge in [-0.3, -0.25) is 0 Å². The van der Waals surface area contributed by atoms with E-state index in [2.05, 4.69) is 18.3 Å². The molecule has 0 radical (unpaired) electrons. The predicted molar refractivity (Wildman–Crippen MR) is 76.4 cm³/mol. The molecular weight excluding hydrogens is 262 g/mol. The second kappa shape index (κ2) is 6.39. The van der Waals surface area contributed by atoms with E-state index in [0.717, 1.165) is 12.2 Å². The summed E-state index contributed by atoms with van der Waals surface area (Å²) in [5.41, 5.74) is 1.20. The van der Waals surface area contributed by atoms with Crippen LogP contribution in [-0.2, 0) is 16.3 Å². The fourth-order valence-corrected chi connectivity index (χ4v) is 4.02. The maximum absolute atomic E-state index is 11.3. The van der Waals surface area contributed by atoms with E-state index in [0.29, 0.717) is 25.3 Å². The minimum absolute atomic E-state index is 0.0926. The van der Waals surface area contributed by atoms with Crippen LogP contribution in [0.5, 0.6) is 5.75 Å². The van der Waals surface area contributed by atoms with E-state index in [-0.39, 0.29) is 11.8 Å². The lowest BCUT2D eigenvalue weighted by Gasteiger charge is -2.13. The zero-order valence-corrected chi connectivity index (χ0v) is 12.1. The van der Waals surface area contributed by atoms with Gasteiger partial charge in [0.05, 0.1) is 11.5 Å². The molecule has 1 aliphatic heterocycles. The monoisotopic (exact) mass is 283 g/mol. The maximum atomic E-state index is 11.3. The van der Waals surface area contributed by atoms with Crippen molar-refractivity contribution < 1.29 is 13.2 Å². The molecule has 5 heteroatoms. The molecule has 2 rings (SSSR count). The summed E-state index contributed by atoms with van der Waals surface area (Å²) in [6.45, 7) is 3.34. The van der Waals surface area contributed by atoms with Gasteiger partial charge in [-0.05, 0) is 24.5 Å². The lowest BCUT2D eigenvalue weighted by atomic mass is 10.1. The Kier molecular flexibility index (Phi) is 4.82. The third-order valence-corrected chi connectivity index (χ3v) is 5.15. The molecule has 1 saturated heterocycles. The average molecular weight is 283 g/mol. The van der Waals surface area contributed by atoms with E-state index in [1.165, 1.54) is 5.56 Å². The van der Waals surface area contributed by atoms with Crippen LogP contribution in [0.4, 0.5) is 0 Å². The third-order valence-electron chi connectivity index (χ3n) is 3.38. The molecule has 4 nitrogen and oxygen atoms in total. The Hall–Kier alpha value is -1.07. The zero-order chi connectivity index (χ0) is 13.7. The van der Waals surface area contributed by atoms with Crippen molar-refractivity contribution in [3.05, 3.63) is 29.8 Å². The summed E-state index contributed by atoms with van der Waals surface area (Å²) in [7, 11) is -2.80. The second-order valence-corrected chi connectivity index (χ2v) is 7.09. The van der Waals surface area contributed by atoms with Crippen molar-refractivity contribution in [1.82, 2.24) is 5.32 Å². The number of sulfone groups is 1. The number of hydrogen-bond donors (Lipinski definition) is 1. The Morgan fingerprint density at radius 1 is 1.37 bits per heavy atom. The first kappa shape index (κ1) is 14.3. The van der Waals surface area contributed by atoms with E-state index in [1.807, 2.05) is 18.2 Å². The highest BCUT2D eigenvalue weighted by molar-refractivity contribution is 7.91. The molecule has 1 aromatic carbocycles. The van der Waals surface area contributed by atoms with Gasteiger partial charge in [-0.2, -0.15) is 0 Å². The topological polar surface area (TPSA) is 55.4 Å². The molecule has 0 amide bonds. The molecule has 0 aliphatic carbocycles. The Morgan fingerprint density at radius 3 is 2.84 bits per heavy atom. The van der Waals surface area contributed by atoms with Crippen LogP contribution in [0.2, 0.25) is 0 Å². The minimum atomic E-state index is -2.80. The van der Waals surface area contributed by atoms with Gasteiger partial charge in [-0.1, -0.05) is 25.1 Å². The largest absolute Gasteiger partial charge is 0.492 e. The van der Waals surface area contributed by atoms with Gasteiger partial charge >= 0.3 is 0 Å². The van der Waals surface area contributed by atoms with Gasteiger partial charge in [0.15, 0.2) is 9.84 Å². The van der Waals surface area contributed by atoms with Crippen LogP contribution in [0.15, 0.2) is 24.3 Å². The molecule has 0 spiro atoms. The van der Waals surface area contributed by atoms with Crippen molar-refractivity contribution in [2.45, 2.75) is 25.8 Å². The van der Waals surface area contributed by atoms with Crippen LogP contribution in [0.25, 0.3) is 0 Å². The van der Waals surface area contributed by atoms with Gasteiger partial charge in [-0.15, -0.1) is 0 Å². The smallest absolute Gasteiger partial charge is 0.151 e. The number of ether oxygens (including phenoxy) is 1. The van der Waals surface area contributed by atoms with E-state index in [9.17, 15) is 8.42 Å². The van der Waals surface area contributed by atoms with E-state index < -0.39 is 9.84 Å². The van der Waals surface area contributed by atoms with E-state index in [4.69, 9.17) is 4.74 Å². The van der Waals surface area contributed by atoms with Gasteiger partial charge in [0.1, 0.15) is 12.4 Å². The van der Waals surface area contributed by atoms with Gasteiger partial charge in [0.2, 0.25) is 0 Å². The van der Waals surface area contributed by atoms with E-state index in [1.54, 1.807) is 0 Å². The first-order chi connectivity index (χ1) is 9.11. The van der Waals surface area contributed by atoms with Crippen molar-refractivity contribution in [3.63, 3.8) is 0 Å². The van der Waals surface area contributed by atoms with Crippen LogP contribution in [0, 0.1) is 0 Å². The summed E-state index contributed by atoms with van der Waals surface area (Å²) < 4.78 is 28.3. The molecule has 1 N–H and O–H groups in total. The number of benzene rings is 1. The summed E-state index contributed by atoms with van der Waals surface area (Å²) in [6, 6.07) is 8.10. The molecule has 1 fully saturated rings. The van der Waals surface area contributed by atoms with Crippen LogP contribution in [0.3, 0.4) is 0 Å². The molecule has 0 aromatic heterocycles. The van der Waals surface area contributed by atoms with Crippen molar-refractivity contribution in [2.75, 3.05) is 24.7 Å². The Balaban J connectivity index is 1.72. The van der Waals surface area contributed by atoms with Gasteiger partial charge in [0.25, 0.3) is 0 Å². The normalized spacial score (nSPS) is 21.4. The highest BCUT2D eigenvalue weighted by Gasteiger charge is 2.26. The third kappa shape index (κ3) is 4.21. The number of hydrogen-bond acceptors (Lipinski definition) is 4. The summed E-state index contributed by atoms with van der Waals surface area (Å²) in [6.07, 6.45) is 1.67. The standard InChI is InChI=1S/C14H21NO3S/c1-2-12-5-3-4-6-14(12)18-9-8-15-13-7-10-19(16,17)11-13/h3-6,13,15H,2,7-11H2,1H3. The molecular formula is C14H21NO3S. The second-order valence-electron chi connectivity index (χ2n) is 4.86. The summed E-state index contributed by atoms with van der Waals surface area (Å²) >= 11 is 0. The van der Waals surface area contributed by atoms with Crippen molar-refractivity contribution in [2.24, 2.45) is 0 Å². The predicted octanol–water partition coefficient (Wildman–Crippen LogP) is 1.40. The van der Waals surface area contributed by atoms with Crippen molar-refractivity contribution in [1.29, 1.82) is 0 Å². The Morgan fingerprint density at radius 2 is 2.16 bits per heavy atom.